The zero-order valence-electron chi connectivity index (χ0n) is 18.0. The number of benzene rings is 1. The Balaban J connectivity index is 1.31. The minimum absolute atomic E-state index is 0.206. The number of nitrogens with zero attached hydrogens (tertiary/aromatic N) is 1. The number of nitrogens with one attached hydrogen (secondary N) is 1. The van der Waals surface area contributed by atoms with Crippen molar-refractivity contribution in [1.82, 2.24) is 9.03 Å². The number of ether oxygens (including phenoxy) is 1. The van der Waals surface area contributed by atoms with Crippen LogP contribution >= 0.6 is 0 Å². The van der Waals surface area contributed by atoms with Crippen LogP contribution in [0.2, 0.25) is 0 Å². The molecule has 0 radical (unpaired) electrons. The second-order valence-corrected chi connectivity index (χ2v) is 11.9. The summed E-state index contributed by atoms with van der Waals surface area (Å²) < 4.78 is 48.5. The van der Waals surface area contributed by atoms with Crippen molar-refractivity contribution < 1.29 is 22.3 Å². The molecule has 0 atom stereocenters. The van der Waals surface area contributed by atoms with Gasteiger partial charge < -0.3 is 4.74 Å². The van der Waals surface area contributed by atoms with E-state index >= 15 is 0 Å². The molecule has 0 aromatic heterocycles. The first-order valence-corrected chi connectivity index (χ1v) is 13.0. The highest BCUT2D eigenvalue weighted by Gasteiger charge is 2.51. The first kappa shape index (κ1) is 21.2. The minimum atomic E-state index is -3.92. The third-order valence-electron chi connectivity index (χ3n) is 7.85. The van der Waals surface area contributed by atoms with Gasteiger partial charge in [0.2, 0.25) is 0 Å². The fraction of sp³-hybridized carbons (Fsp3) is 0.696. The van der Waals surface area contributed by atoms with Gasteiger partial charge in [0.15, 0.2) is 0 Å². The molecule has 0 unspecified atom stereocenters. The smallest absolute Gasteiger partial charge is 0.304 e. The fourth-order valence-corrected chi connectivity index (χ4v) is 7.86. The number of halogens is 1. The van der Waals surface area contributed by atoms with Crippen molar-refractivity contribution >= 4 is 16.1 Å². The van der Waals surface area contributed by atoms with E-state index in [0.29, 0.717) is 31.9 Å². The van der Waals surface area contributed by atoms with Crippen molar-refractivity contribution in [2.45, 2.75) is 58.3 Å². The molecule has 0 spiro atoms. The molecule has 1 heterocycles. The zero-order chi connectivity index (χ0) is 21.8. The summed E-state index contributed by atoms with van der Waals surface area (Å²) in [6.07, 6.45) is 9.02. The van der Waals surface area contributed by atoms with E-state index in [-0.39, 0.29) is 11.0 Å². The number of carbonyl (C=O) groups excluding carboxylic acids is 1. The van der Waals surface area contributed by atoms with Gasteiger partial charge in [-0.2, -0.15) is 12.7 Å². The van der Waals surface area contributed by atoms with E-state index in [2.05, 4.69) is 0 Å². The first-order valence-electron chi connectivity index (χ1n) is 11.5. The maximum Gasteiger partial charge on any atom is 0.304 e. The molecule has 6 rings (SSSR count). The lowest BCUT2D eigenvalue weighted by Gasteiger charge is -2.56. The summed E-state index contributed by atoms with van der Waals surface area (Å²) in [7, 11) is -3.92. The van der Waals surface area contributed by atoms with Crippen molar-refractivity contribution in [1.29, 1.82) is 0 Å². The predicted molar refractivity (Wildman–Crippen MR) is 114 cm³/mol. The third-order valence-corrected chi connectivity index (χ3v) is 9.34. The minimum Gasteiger partial charge on any atom is -0.493 e. The maximum absolute atomic E-state index is 14.8. The quantitative estimate of drug-likeness (QED) is 0.688. The van der Waals surface area contributed by atoms with Crippen molar-refractivity contribution in [3.05, 3.63) is 29.1 Å². The molecule has 4 bridgehead atoms. The monoisotopic (exact) mass is 450 g/mol. The molecule has 6 nitrogen and oxygen atoms in total. The Morgan fingerprint density at radius 3 is 2.29 bits per heavy atom. The number of rotatable bonds is 7. The van der Waals surface area contributed by atoms with Gasteiger partial charge in [0.1, 0.15) is 11.6 Å². The Hall–Kier alpha value is -1.67. The van der Waals surface area contributed by atoms with Gasteiger partial charge in [0.25, 0.3) is 5.91 Å². The predicted octanol–water partition coefficient (Wildman–Crippen LogP) is 3.66. The molecular formula is C23H31FN2O4S. The molecule has 1 aromatic carbocycles. The molecule has 5 aliphatic rings. The number of hydrogen-bond acceptors (Lipinski definition) is 4. The number of aryl methyl sites for hydroxylation is 1. The molecule has 1 aliphatic heterocycles. The van der Waals surface area contributed by atoms with Crippen molar-refractivity contribution in [2.24, 2.45) is 23.2 Å². The van der Waals surface area contributed by atoms with Gasteiger partial charge in [0.05, 0.1) is 12.2 Å². The van der Waals surface area contributed by atoms with Gasteiger partial charge in [-0.25, -0.2) is 9.11 Å². The summed E-state index contributed by atoms with van der Waals surface area (Å²) in [4.78, 5) is 12.5. The second-order valence-electron chi connectivity index (χ2n) is 10.2. The van der Waals surface area contributed by atoms with E-state index in [9.17, 15) is 17.6 Å². The first-order chi connectivity index (χ1) is 14.8. The lowest BCUT2D eigenvalue weighted by Crippen LogP contribution is -2.49. The molecule has 4 aliphatic carbocycles. The SMILES string of the molecule is CCc1cc(C(=O)NS(=O)(=O)N2CCC2)c(F)cc1OCC12CC3CC(CC(C3)C1)C2. The van der Waals surface area contributed by atoms with E-state index < -0.39 is 21.9 Å². The van der Waals surface area contributed by atoms with Crippen LogP contribution in [0, 0.1) is 29.0 Å². The van der Waals surface area contributed by atoms with E-state index in [1.165, 1.54) is 55.0 Å². The summed E-state index contributed by atoms with van der Waals surface area (Å²) in [5, 5.41) is 0. The fourth-order valence-electron chi connectivity index (χ4n) is 6.65. The molecule has 170 valence electrons. The van der Waals surface area contributed by atoms with Crippen LogP contribution in [-0.4, -0.2) is 38.3 Å². The largest absolute Gasteiger partial charge is 0.493 e. The normalized spacial score (nSPS) is 32.0. The van der Waals surface area contributed by atoms with Gasteiger partial charge in [-0.05, 0) is 80.8 Å². The molecule has 1 saturated heterocycles. The Morgan fingerprint density at radius 1 is 1.16 bits per heavy atom. The Bertz CT molecular complexity index is 954. The molecular weight excluding hydrogens is 419 g/mol. The standard InChI is InChI=1S/C23H31FN2O4S/c1-2-18-9-19(22(27)25-31(28,29)26-4-3-5-26)20(24)10-21(18)30-14-23-11-15-6-16(12-23)8-17(7-15)13-23/h9-10,15-17H,2-8,11-14H2,1H3,(H,25,27). The van der Waals surface area contributed by atoms with Gasteiger partial charge in [-0.3, -0.25) is 4.79 Å². The molecule has 31 heavy (non-hydrogen) atoms. The van der Waals surface area contributed by atoms with E-state index in [1.807, 2.05) is 11.6 Å². The van der Waals surface area contributed by atoms with Crippen molar-refractivity contribution in [2.75, 3.05) is 19.7 Å². The Morgan fingerprint density at radius 2 is 1.77 bits per heavy atom. The molecule has 5 fully saturated rings. The molecule has 1 amide bonds. The zero-order valence-corrected chi connectivity index (χ0v) is 18.8. The maximum atomic E-state index is 14.8. The number of hydrogen-bond donors (Lipinski definition) is 1. The lowest BCUT2D eigenvalue weighted by atomic mass is 9.50. The average Bonchev–Trinajstić information content (AvgIpc) is 2.63. The highest BCUT2D eigenvalue weighted by molar-refractivity contribution is 7.87. The van der Waals surface area contributed by atoms with Crippen LogP contribution < -0.4 is 9.46 Å². The molecule has 8 heteroatoms. The Labute approximate surface area is 183 Å². The van der Waals surface area contributed by atoms with E-state index in [0.717, 1.165) is 29.7 Å². The van der Waals surface area contributed by atoms with Crippen LogP contribution in [0.5, 0.6) is 5.75 Å². The van der Waals surface area contributed by atoms with E-state index in [1.54, 1.807) is 0 Å². The van der Waals surface area contributed by atoms with Gasteiger partial charge in [-0.15, -0.1) is 0 Å². The van der Waals surface area contributed by atoms with Crippen molar-refractivity contribution in [3.8, 4) is 5.75 Å². The average molecular weight is 451 g/mol. The van der Waals surface area contributed by atoms with Crippen LogP contribution in [0.15, 0.2) is 12.1 Å². The van der Waals surface area contributed by atoms with Crippen LogP contribution in [-0.2, 0) is 16.6 Å². The summed E-state index contributed by atoms with van der Waals surface area (Å²) in [5.74, 6) is 1.23. The van der Waals surface area contributed by atoms with Crippen molar-refractivity contribution in [3.63, 3.8) is 0 Å². The highest BCUT2D eigenvalue weighted by atomic mass is 32.2. The summed E-state index contributed by atoms with van der Waals surface area (Å²) in [6, 6.07) is 2.69. The Kier molecular flexibility index (Phi) is 5.28. The van der Waals surface area contributed by atoms with Gasteiger partial charge in [-0.1, -0.05) is 6.92 Å². The number of amides is 1. The second kappa shape index (κ2) is 7.73. The van der Waals surface area contributed by atoms with Crippen LogP contribution in [0.1, 0.15) is 67.8 Å². The van der Waals surface area contributed by atoms with E-state index in [4.69, 9.17) is 4.74 Å². The van der Waals surface area contributed by atoms with Crippen LogP contribution in [0.4, 0.5) is 4.39 Å². The summed E-state index contributed by atoms with van der Waals surface area (Å²) in [6.45, 7) is 3.27. The highest BCUT2D eigenvalue weighted by Crippen LogP contribution is 2.60. The summed E-state index contributed by atoms with van der Waals surface area (Å²) in [5.41, 5.74) is 0.665. The van der Waals surface area contributed by atoms with Gasteiger partial charge in [0, 0.05) is 24.6 Å². The van der Waals surface area contributed by atoms with Gasteiger partial charge >= 0.3 is 10.2 Å². The molecule has 1 aromatic rings. The number of carbonyl (C=O) groups is 1. The van der Waals surface area contributed by atoms with Crippen LogP contribution in [0.3, 0.4) is 0 Å². The lowest BCUT2D eigenvalue weighted by molar-refractivity contribution is -0.0746. The topological polar surface area (TPSA) is 75.7 Å². The third kappa shape index (κ3) is 3.97. The summed E-state index contributed by atoms with van der Waals surface area (Å²) >= 11 is 0. The molecule has 1 N–H and O–H groups in total. The van der Waals surface area contributed by atoms with Crippen LogP contribution in [0.25, 0.3) is 0 Å². The molecule has 4 saturated carbocycles.